The maximum atomic E-state index is 12.8. The van der Waals surface area contributed by atoms with Crippen molar-refractivity contribution in [2.45, 2.75) is 25.7 Å². The number of piperidine rings is 1. The Morgan fingerprint density at radius 3 is 2.85 bits per heavy atom. The van der Waals surface area contributed by atoms with Crippen molar-refractivity contribution in [1.29, 1.82) is 0 Å². The highest BCUT2D eigenvalue weighted by molar-refractivity contribution is 9.10. The Balaban J connectivity index is 1.53. The molecule has 0 spiro atoms. The van der Waals surface area contributed by atoms with Crippen LogP contribution >= 0.6 is 27.3 Å². The van der Waals surface area contributed by atoms with E-state index < -0.39 is 0 Å². The van der Waals surface area contributed by atoms with Crippen LogP contribution in [0.1, 0.15) is 39.7 Å². The molecule has 1 saturated heterocycles. The minimum absolute atomic E-state index is 0.182. The molecule has 1 amide bonds. The predicted octanol–water partition coefficient (Wildman–Crippen LogP) is 4.90. The topological polar surface area (TPSA) is 71.2 Å². The van der Waals surface area contributed by atoms with Crippen LogP contribution < -0.4 is 16.0 Å². The summed E-state index contributed by atoms with van der Waals surface area (Å²) in [6, 6.07) is 7.88. The number of carbonyl (C=O) groups excluding carboxylic acids is 1. The summed E-state index contributed by atoms with van der Waals surface area (Å²) in [6.45, 7) is 4.17. The number of aromatic nitrogens is 1. The minimum Gasteiger partial charge on any atom is -0.397 e. The maximum absolute atomic E-state index is 12.8. The van der Waals surface area contributed by atoms with E-state index in [9.17, 15) is 4.79 Å². The fourth-order valence-electron chi connectivity index (χ4n) is 4.07. The number of hydrogen-bond acceptors (Lipinski definition) is 5. The minimum atomic E-state index is -0.182. The molecule has 1 aromatic carbocycles. The Hall–Kier alpha value is -2.12. The van der Waals surface area contributed by atoms with Crippen molar-refractivity contribution in [2.75, 3.05) is 29.0 Å². The number of fused-ring (bicyclic) bond motifs is 3. The van der Waals surface area contributed by atoms with Crippen LogP contribution in [0.4, 0.5) is 17.1 Å². The van der Waals surface area contributed by atoms with Gasteiger partial charge in [0.1, 0.15) is 9.71 Å². The van der Waals surface area contributed by atoms with Gasteiger partial charge in [-0.15, -0.1) is 11.3 Å². The smallest absolute Gasteiger partial charge is 0.267 e. The molecular formula is C20H19BrN4OS. The molecule has 5 heterocycles. The maximum Gasteiger partial charge on any atom is 0.267 e. The second kappa shape index (κ2) is 6.21. The number of nitrogens with two attached hydrogens (primary N) is 1. The van der Waals surface area contributed by atoms with Crippen LogP contribution in [0.3, 0.4) is 0 Å². The number of benzene rings is 1. The summed E-state index contributed by atoms with van der Waals surface area (Å²) in [6.07, 6.45) is 2.34. The highest BCUT2D eigenvalue weighted by Gasteiger charge is 2.33. The summed E-state index contributed by atoms with van der Waals surface area (Å²) in [7, 11) is 0. The van der Waals surface area contributed by atoms with Crippen molar-refractivity contribution in [1.82, 2.24) is 4.98 Å². The van der Waals surface area contributed by atoms with Gasteiger partial charge < -0.3 is 16.0 Å². The Bertz CT molecular complexity index is 1090. The van der Waals surface area contributed by atoms with Gasteiger partial charge in [0, 0.05) is 34.6 Å². The van der Waals surface area contributed by atoms with Gasteiger partial charge in [0.25, 0.3) is 5.91 Å². The molecule has 7 heteroatoms. The van der Waals surface area contributed by atoms with Gasteiger partial charge in [0.15, 0.2) is 0 Å². The number of anilines is 3. The number of pyridine rings is 1. The third-order valence-corrected chi connectivity index (χ3v) is 7.58. The van der Waals surface area contributed by atoms with E-state index in [2.05, 4.69) is 32.2 Å². The molecule has 3 N–H and O–H groups in total. The predicted molar refractivity (Wildman–Crippen MR) is 115 cm³/mol. The van der Waals surface area contributed by atoms with E-state index in [0.717, 1.165) is 39.0 Å². The lowest BCUT2D eigenvalue weighted by atomic mass is 9.86. The van der Waals surface area contributed by atoms with E-state index in [1.807, 2.05) is 25.1 Å². The van der Waals surface area contributed by atoms with Gasteiger partial charge in [0.05, 0.1) is 17.1 Å². The first-order valence-electron chi connectivity index (χ1n) is 9.06. The van der Waals surface area contributed by atoms with E-state index in [1.165, 1.54) is 35.6 Å². The zero-order chi connectivity index (χ0) is 18.7. The van der Waals surface area contributed by atoms with E-state index in [4.69, 9.17) is 10.7 Å². The van der Waals surface area contributed by atoms with E-state index >= 15 is 0 Å². The lowest BCUT2D eigenvalue weighted by molar-refractivity contribution is 0.103. The molecule has 27 heavy (non-hydrogen) atoms. The van der Waals surface area contributed by atoms with Crippen LogP contribution in [-0.4, -0.2) is 24.0 Å². The van der Waals surface area contributed by atoms with Gasteiger partial charge in [-0.05, 0) is 49.6 Å². The third-order valence-electron chi connectivity index (χ3n) is 5.57. The van der Waals surface area contributed by atoms with Gasteiger partial charge >= 0.3 is 0 Å². The highest BCUT2D eigenvalue weighted by atomic mass is 79.9. The summed E-state index contributed by atoms with van der Waals surface area (Å²) in [4.78, 5) is 21.5. The SMILES string of the molecule is Cc1cc(NC(=O)c2sc3nc4c(cc3c2N)N2CCC4CC2)ccc1Br. The summed E-state index contributed by atoms with van der Waals surface area (Å²) in [5, 5.41) is 3.85. The number of hydrogen-bond donors (Lipinski definition) is 2. The van der Waals surface area contributed by atoms with Crippen LogP contribution in [0.25, 0.3) is 10.2 Å². The lowest BCUT2D eigenvalue weighted by Gasteiger charge is -2.41. The number of nitrogens with zero attached hydrogens (tertiary/aromatic N) is 2. The number of halogens is 1. The van der Waals surface area contributed by atoms with E-state index in [1.54, 1.807) is 0 Å². The average molecular weight is 443 g/mol. The number of nitrogen functional groups attached to an aromatic ring is 1. The molecular weight excluding hydrogens is 424 g/mol. The summed E-state index contributed by atoms with van der Waals surface area (Å²) in [5.74, 6) is 0.360. The van der Waals surface area contributed by atoms with Crippen molar-refractivity contribution >= 4 is 60.5 Å². The van der Waals surface area contributed by atoms with Gasteiger partial charge in [-0.3, -0.25) is 4.79 Å². The van der Waals surface area contributed by atoms with E-state index in [0.29, 0.717) is 16.5 Å². The fourth-order valence-corrected chi connectivity index (χ4v) is 5.30. The van der Waals surface area contributed by atoms with E-state index in [-0.39, 0.29) is 5.91 Å². The number of aryl methyl sites for hydroxylation is 1. The van der Waals surface area contributed by atoms with Crippen molar-refractivity contribution in [2.24, 2.45) is 0 Å². The first kappa shape index (κ1) is 17.0. The summed E-state index contributed by atoms with van der Waals surface area (Å²) >= 11 is 4.86. The number of nitrogens with one attached hydrogen (secondary N) is 1. The summed E-state index contributed by atoms with van der Waals surface area (Å²) < 4.78 is 1.02. The molecule has 0 radical (unpaired) electrons. The van der Waals surface area contributed by atoms with Crippen molar-refractivity contribution in [3.63, 3.8) is 0 Å². The van der Waals surface area contributed by atoms with Crippen LogP contribution in [0.5, 0.6) is 0 Å². The molecule has 3 aliphatic rings. The first-order chi connectivity index (χ1) is 13.0. The molecule has 2 bridgehead atoms. The van der Waals surface area contributed by atoms with Crippen LogP contribution in [0.15, 0.2) is 28.7 Å². The fraction of sp³-hybridized carbons (Fsp3) is 0.300. The second-order valence-electron chi connectivity index (χ2n) is 7.27. The highest BCUT2D eigenvalue weighted by Crippen LogP contribution is 2.45. The Kier molecular flexibility index (Phi) is 3.91. The molecule has 0 atom stereocenters. The van der Waals surface area contributed by atoms with Crippen LogP contribution in [0, 0.1) is 6.92 Å². The van der Waals surface area contributed by atoms with Gasteiger partial charge in [0.2, 0.25) is 0 Å². The zero-order valence-electron chi connectivity index (χ0n) is 14.9. The first-order valence-corrected chi connectivity index (χ1v) is 10.7. The van der Waals surface area contributed by atoms with Gasteiger partial charge in [-0.1, -0.05) is 15.9 Å². The number of rotatable bonds is 2. The Morgan fingerprint density at radius 2 is 2.11 bits per heavy atom. The quantitative estimate of drug-likeness (QED) is 0.591. The average Bonchev–Trinajstić information content (AvgIpc) is 3.00. The van der Waals surface area contributed by atoms with Crippen LogP contribution in [0.2, 0.25) is 0 Å². The Morgan fingerprint density at radius 1 is 1.33 bits per heavy atom. The molecule has 6 rings (SSSR count). The summed E-state index contributed by atoms with van der Waals surface area (Å²) in [5.41, 5.74) is 11.1. The molecule has 3 aromatic rings. The molecule has 2 aromatic heterocycles. The largest absolute Gasteiger partial charge is 0.397 e. The third kappa shape index (κ3) is 2.72. The second-order valence-corrected chi connectivity index (χ2v) is 9.12. The Labute approximate surface area is 169 Å². The molecule has 0 aliphatic carbocycles. The zero-order valence-corrected chi connectivity index (χ0v) is 17.3. The molecule has 1 fully saturated rings. The van der Waals surface area contributed by atoms with Crippen molar-refractivity contribution < 1.29 is 4.79 Å². The van der Waals surface area contributed by atoms with Gasteiger partial charge in [-0.25, -0.2) is 4.98 Å². The standard InChI is InChI=1S/C20H19BrN4OS/c1-10-8-12(2-3-14(10)21)23-19(26)18-16(22)13-9-15-17(24-20(13)27-18)11-4-6-25(15)7-5-11/h2-3,8-9,11H,4-7,22H2,1H3,(H,23,26). The monoisotopic (exact) mass is 442 g/mol. The number of amides is 1. The molecule has 138 valence electrons. The molecule has 0 saturated carbocycles. The molecule has 0 unspecified atom stereocenters. The van der Waals surface area contributed by atoms with Gasteiger partial charge in [-0.2, -0.15) is 0 Å². The molecule has 5 nitrogen and oxygen atoms in total. The van der Waals surface area contributed by atoms with Crippen LogP contribution in [-0.2, 0) is 0 Å². The normalized spacial score (nSPS) is 16.0. The van der Waals surface area contributed by atoms with Crippen molar-refractivity contribution in [3.8, 4) is 0 Å². The molecule has 3 aliphatic heterocycles. The number of carbonyl (C=O) groups is 1. The van der Waals surface area contributed by atoms with Crippen molar-refractivity contribution in [3.05, 3.63) is 44.9 Å². The number of thiophene rings is 1. The lowest BCUT2D eigenvalue weighted by Crippen LogP contribution is -2.39.